The summed E-state index contributed by atoms with van der Waals surface area (Å²) < 4.78 is 63.5. The summed E-state index contributed by atoms with van der Waals surface area (Å²) in [4.78, 5) is 54.0. The number of aliphatic hydroxyl groups excluding tert-OH is 2. The standard InChI is InChI=1S/C41H61FN3O13PSi/c1-25-21-29-28-12-11-26-22-27(47)13-16-38(26,5)40(28,42)31(48)23-39(29,6)41(25,52)32(49)24-56-59(53,55-20-10-17-43)57-30(15-19-46)34(58-60(8,9)37(2,3)4)35(54-7)45-18-14-33(50)44-36(45)51/h13-14,16,18,22,25,28-31,34-35,46,48,52H,10-12,15,19-21,23-24H2,1-9H3,(H,44,50,51)/t25-,28+,29+,30?,31+,34?,35-,38+,39+,40+,41+,59?/m1/s1. The van der Waals surface area contributed by atoms with Gasteiger partial charge in [-0.1, -0.05) is 46.3 Å². The fourth-order valence-corrected chi connectivity index (χ4v) is 12.8. The molecule has 0 spiro atoms. The lowest BCUT2D eigenvalue weighted by molar-refractivity contribution is -0.219. The lowest BCUT2D eigenvalue weighted by Gasteiger charge is -2.62. The van der Waals surface area contributed by atoms with Crippen molar-refractivity contribution in [2.24, 2.45) is 28.6 Å². The van der Waals surface area contributed by atoms with E-state index in [1.54, 1.807) is 20.8 Å². The highest BCUT2D eigenvalue weighted by atomic mass is 31.2. The van der Waals surface area contributed by atoms with Crippen molar-refractivity contribution in [2.75, 3.05) is 26.9 Å². The predicted octanol–water partition coefficient (Wildman–Crippen LogP) is 4.81. The van der Waals surface area contributed by atoms with E-state index >= 15 is 4.39 Å². The second kappa shape index (κ2) is 17.3. The van der Waals surface area contributed by atoms with Crippen LogP contribution in [0.1, 0.15) is 86.3 Å². The zero-order chi connectivity index (χ0) is 44.9. The van der Waals surface area contributed by atoms with Crippen LogP contribution in [0.15, 0.2) is 45.7 Å². The molecule has 0 radical (unpaired) electrons. The Hall–Kier alpha value is -2.95. The molecule has 4 aliphatic carbocycles. The van der Waals surface area contributed by atoms with Gasteiger partial charge in [0.05, 0.1) is 25.2 Å². The highest BCUT2D eigenvalue weighted by Crippen LogP contribution is 2.71. The Balaban J connectivity index is 1.48. The Morgan fingerprint density at radius 1 is 1.20 bits per heavy atom. The van der Waals surface area contributed by atoms with Gasteiger partial charge in [0, 0.05) is 42.7 Å². The van der Waals surface area contributed by atoms with E-state index in [0.29, 0.717) is 12.0 Å². The van der Waals surface area contributed by atoms with Crippen LogP contribution in [-0.2, 0) is 36.9 Å². The maximum atomic E-state index is 17.7. The van der Waals surface area contributed by atoms with Crippen molar-refractivity contribution in [2.45, 2.75) is 134 Å². The van der Waals surface area contributed by atoms with Crippen molar-refractivity contribution in [3.05, 3.63) is 56.9 Å². The number of Topliss-reactive ketones (excluding diaryl/α,β-unsaturated/α-hetero) is 1. The largest absolute Gasteiger partial charge is 0.475 e. The summed E-state index contributed by atoms with van der Waals surface area (Å²) in [6, 6.07) is 2.97. The SMILES string of the molecule is CO[C@H](C(O[Si](C)(C)C(C)(C)C)C(CCO)OP(=O)(OCCC#N)OCC(=O)[C@@]1(O)[C@H](C)C[C@H]2[C@@H]3CCC4=CC(=O)C=C[C@]4(C)[C@@]3(F)[C@@H](O)C[C@@]21C)n1ccc(=O)[nH]c1=O. The molecule has 1 aromatic rings. The van der Waals surface area contributed by atoms with E-state index in [1.165, 1.54) is 31.5 Å². The van der Waals surface area contributed by atoms with Crippen molar-refractivity contribution in [1.29, 1.82) is 5.26 Å². The first kappa shape index (κ1) is 48.1. The number of ketones is 2. The van der Waals surface area contributed by atoms with Gasteiger partial charge in [0.25, 0.3) is 5.56 Å². The van der Waals surface area contributed by atoms with Crippen LogP contribution in [0.25, 0.3) is 0 Å². The molecule has 0 amide bonds. The minimum Gasteiger partial charge on any atom is -0.407 e. The molecule has 1 aromatic heterocycles. The van der Waals surface area contributed by atoms with Gasteiger partial charge in [0.15, 0.2) is 31.8 Å². The summed E-state index contributed by atoms with van der Waals surface area (Å²) in [5, 5.41) is 43.5. The quantitative estimate of drug-likeness (QED) is 0.0934. The van der Waals surface area contributed by atoms with Crippen molar-refractivity contribution in [3.8, 4) is 6.07 Å². The van der Waals surface area contributed by atoms with Crippen LogP contribution < -0.4 is 11.2 Å². The first-order valence-corrected chi connectivity index (χ1v) is 24.8. The number of phosphoric ester groups is 1. The molecule has 3 unspecified atom stereocenters. The molecule has 0 aromatic carbocycles. The molecule has 0 saturated heterocycles. The third-order valence-corrected chi connectivity index (χ3v) is 20.3. The number of H-pyrrole nitrogens is 1. The van der Waals surface area contributed by atoms with Gasteiger partial charge in [0.2, 0.25) is 0 Å². The Kier molecular flexibility index (Phi) is 13.9. The summed E-state index contributed by atoms with van der Waals surface area (Å²) in [5.41, 5.74) is -8.01. The molecule has 12 atom stereocenters. The molecular formula is C41H61FN3O13PSi. The molecule has 16 nitrogen and oxygen atoms in total. The second-order valence-corrected chi connectivity index (χ2v) is 25.1. The van der Waals surface area contributed by atoms with Gasteiger partial charge in [-0.2, -0.15) is 5.26 Å². The van der Waals surface area contributed by atoms with Crippen LogP contribution in [0.4, 0.5) is 4.39 Å². The fourth-order valence-electron chi connectivity index (χ4n) is 10.1. The number of aromatic amines is 1. The number of hydrogen-bond donors (Lipinski definition) is 4. The summed E-state index contributed by atoms with van der Waals surface area (Å²) in [6.07, 6.45) is -0.256. The molecule has 19 heteroatoms. The predicted molar refractivity (Wildman–Crippen MR) is 219 cm³/mol. The fraction of sp³-hybridized carbons (Fsp3) is 0.732. The van der Waals surface area contributed by atoms with Crippen LogP contribution in [0.2, 0.25) is 18.1 Å². The zero-order valence-corrected chi connectivity index (χ0v) is 37.8. The van der Waals surface area contributed by atoms with E-state index in [4.69, 9.17) is 22.7 Å². The number of rotatable bonds is 17. The molecular weight excluding hydrogens is 821 g/mol. The Bertz CT molecular complexity index is 2080. The number of nitrogens with zero attached hydrogens (tertiary/aromatic N) is 2. The lowest BCUT2D eigenvalue weighted by atomic mass is 9.44. The Morgan fingerprint density at radius 3 is 2.48 bits per heavy atom. The number of methoxy groups -OCH3 is 1. The summed E-state index contributed by atoms with van der Waals surface area (Å²) in [7, 11) is -6.51. The Morgan fingerprint density at radius 2 is 1.88 bits per heavy atom. The van der Waals surface area contributed by atoms with Crippen LogP contribution in [0.3, 0.4) is 0 Å². The van der Waals surface area contributed by atoms with E-state index in [0.717, 1.165) is 10.6 Å². The number of hydrogen-bond acceptors (Lipinski definition) is 14. The van der Waals surface area contributed by atoms with Crippen molar-refractivity contribution in [3.63, 3.8) is 0 Å². The molecule has 3 fully saturated rings. The maximum Gasteiger partial charge on any atom is 0.475 e. The number of nitriles is 1. The van der Waals surface area contributed by atoms with Crippen LogP contribution in [0.5, 0.6) is 0 Å². The van der Waals surface area contributed by atoms with Crippen molar-refractivity contribution >= 4 is 27.7 Å². The van der Waals surface area contributed by atoms with Gasteiger partial charge in [-0.15, -0.1) is 0 Å². The number of nitrogens with one attached hydrogen (secondary N) is 1. The second-order valence-electron chi connectivity index (χ2n) is 18.7. The average molecular weight is 882 g/mol. The van der Waals surface area contributed by atoms with Crippen molar-refractivity contribution in [1.82, 2.24) is 9.55 Å². The molecule has 0 aliphatic heterocycles. The zero-order valence-electron chi connectivity index (χ0n) is 35.9. The summed E-state index contributed by atoms with van der Waals surface area (Å²) >= 11 is 0. The molecule has 60 heavy (non-hydrogen) atoms. The van der Waals surface area contributed by atoms with E-state index in [9.17, 15) is 44.3 Å². The molecule has 0 bridgehead atoms. The molecule has 4 N–H and O–H groups in total. The molecule has 4 aliphatic rings. The number of fused-ring (bicyclic) bond motifs is 5. The first-order chi connectivity index (χ1) is 27.8. The Labute approximate surface area is 350 Å². The van der Waals surface area contributed by atoms with Gasteiger partial charge in [0.1, 0.15) is 24.4 Å². The van der Waals surface area contributed by atoms with Gasteiger partial charge in [-0.05, 0) is 81.1 Å². The van der Waals surface area contributed by atoms with Crippen LogP contribution in [-0.4, -0.2) is 101 Å². The van der Waals surface area contributed by atoms with Crippen LogP contribution in [0, 0.1) is 39.9 Å². The third kappa shape index (κ3) is 8.20. The number of phosphoric acid groups is 1. The van der Waals surface area contributed by atoms with Gasteiger partial charge < -0.3 is 24.5 Å². The highest BCUT2D eigenvalue weighted by molar-refractivity contribution is 7.48. The number of halogens is 1. The van der Waals surface area contributed by atoms with Crippen LogP contribution >= 0.6 is 7.82 Å². The number of allylic oxidation sites excluding steroid dienone is 4. The minimum absolute atomic E-state index is 0.222. The first-order valence-electron chi connectivity index (χ1n) is 20.4. The summed E-state index contributed by atoms with van der Waals surface area (Å²) in [6.45, 7) is 12.6. The van der Waals surface area contributed by atoms with E-state index in [2.05, 4.69) is 4.98 Å². The highest BCUT2D eigenvalue weighted by Gasteiger charge is 2.75. The van der Waals surface area contributed by atoms with E-state index < -0.39 is 122 Å². The third-order valence-electron chi connectivity index (χ3n) is 14.4. The molecule has 334 valence electrons. The van der Waals surface area contributed by atoms with E-state index in [1.807, 2.05) is 39.9 Å². The number of ether oxygens (including phenoxy) is 1. The van der Waals surface area contributed by atoms with E-state index in [-0.39, 0.29) is 37.9 Å². The minimum atomic E-state index is -4.95. The van der Waals surface area contributed by atoms with Gasteiger partial charge in [-0.3, -0.25) is 37.5 Å². The smallest absolute Gasteiger partial charge is 0.407 e. The number of alkyl halides is 1. The molecule has 3 saturated carbocycles. The summed E-state index contributed by atoms with van der Waals surface area (Å²) in [5.74, 6) is -3.32. The molecule has 1 heterocycles. The maximum absolute atomic E-state index is 17.7. The number of carbonyl (C=O) groups is 2. The topological polar surface area (TPSA) is 237 Å². The average Bonchev–Trinajstić information content (AvgIpc) is 3.36. The number of aliphatic hydroxyl groups is 3. The van der Waals surface area contributed by atoms with Gasteiger partial charge >= 0.3 is 13.5 Å². The monoisotopic (exact) mass is 881 g/mol. The number of carbonyl (C=O) groups excluding carboxylic acids is 2. The lowest BCUT2D eigenvalue weighted by Crippen LogP contribution is -2.69. The van der Waals surface area contributed by atoms with Crippen molar-refractivity contribution < 1.29 is 56.6 Å². The number of aromatic nitrogens is 2. The molecule has 5 rings (SSSR count). The normalized spacial score (nSPS) is 34.0. The van der Waals surface area contributed by atoms with Gasteiger partial charge in [-0.25, -0.2) is 13.8 Å².